The molecule has 3 nitrogen and oxygen atoms in total. The summed E-state index contributed by atoms with van der Waals surface area (Å²) in [6.07, 6.45) is 1.68. The van der Waals surface area contributed by atoms with Crippen molar-refractivity contribution in [2.75, 3.05) is 13.1 Å². The van der Waals surface area contributed by atoms with Crippen LogP contribution in [-0.2, 0) is 12.0 Å². The van der Waals surface area contributed by atoms with Crippen LogP contribution < -0.4 is 0 Å². The van der Waals surface area contributed by atoms with Crippen molar-refractivity contribution < 1.29 is 14.3 Å². The van der Waals surface area contributed by atoms with Crippen LogP contribution in [0.5, 0.6) is 0 Å². The number of likely N-dealkylation sites (tertiary alicyclic amines) is 1. The summed E-state index contributed by atoms with van der Waals surface area (Å²) in [4.78, 5) is 2.41. The second kappa shape index (κ2) is 11.2. The third kappa shape index (κ3) is 5.16. The Morgan fingerprint density at radius 1 is 0.812 bits per heavy atom. The maximum atomic E-state index is 13.6. The van der Waals surface area contributed by atoms with Crippen LogP contribution >= 0.6 is 12.4 Å². The molecule has 1 saturated heterocycles. The van der Waals surface area contributed by atoms with E-state index in [0.29, 0.717) is 0 Å². The largest absolute Gasteiger partial charge is 0.412 e. The Balaban J connectivity index is 0.00000181. The number of piperidine rings is 1. The fourth-order valence-electron chi connectivity index (χ4n) is 4.65. The van der Waals surface area contributed by atoms with E-state index >= 15 is 0 Å². The van der Waals surface area contributed by atoms with Crippen molar-refractivity contribution in [1.29, 1.82) is 5.26 Å². The first kappa shape index (κ1) is 25.5. The standard InChI is InChI=1S/C26H24F2N2.ClH.H2O/c27-24-10-6-21(7-11-24)26(19-29,22-8-12-25(28)13-9-22)23-14-16-30(17-15-23)18-20-4-2-1-3-5-20;;/h1-13,23H,14-18H2;1H;1H2. The lowest BCUT2D eigenvalue weighted by Crippen LogP contribution is -2.43. The summed E-state index contributed by atoms with van der Waals surface area (Å²) in [5.74, 6) is -0.602. The minimum absolute atomic E-state index is 0. The van der Waals surface area contributed by atoms with E-state index in [1.807, 2.05) is 18.2 Å². The van der Waals surface area contributed by atoms with E-state index < -0.39 is 5.41 Å². The lowest BCUT2D eigenvalue weighted by molar-refractivity contribution is 0.153. The molecule has 0 saturated carbocycles. The van der Waals surface area contributed by atoms with E-state index in [1.165, 1.54) is 29.8 Å². The highest BCUT2D eigenvalue weighted by molar-refractivity contribution is 5.85. The van der Waals surface area contributed by atoms with Crippen molar-refractivity contribution in [2.24, 2.45) is 5.92 Å². The van der Waals surface area contributed by atoms with Crippen LogP contribution in [0.15, 0.2) is 78.9 Å². The summed E-state index contributed by atoms with van der Waals surface area (Å²) in [6, 6.07) is 25.3. The van der Waals surface area contributed by atoms with Crippen LogP contribution in [0.2, 0.25) is 0 Å². The minimum atomic E-state index is -0.930. The lowest BCUT2D eigenvalue weighted by Gasteiger charge is -2.41. The molecular formula is C26H27ClF2N2O. The molecule has 0 atom stereocenters. The van der Waals surface area contributed by atoms with E-state index in [2.05, 4.69) is 23.1 Å². The molecule has 0 radical (unpaired) electrons. The molecule has 4 rings (SSSR count). The van der Waals surface area contributed by atoms with Crippen LogP contribution in [0, 0.1) is 28.9 Å². The van der Waals surface area contributed by atoms with Gasteiger partial charge in [0.15, 0.2) is 0 Å². The van der Waals surface area contributed by atoms with Crippen molar-refractivity contribution in [2.45, 2.75) is 24.8 Å². The normalized spacial score (nSPS) is 14.7. The highest BCUT2D eigenvalue weighted by atomic mass is 35.5. The quantitative estimate of drug-likeness (QED) is 0.524. The fraction of sp³-hybridized carbons (Fsp3) is 0.269. The molecule has 0 aromatic heterocycles. The number of nitrogens with zero attached hydrogens (tertiary/aromatic N) is 2. The van der Waals surface area contributed by atoms with Crippen LogP contribution in [0.3, 0.4) is 0 Å². The summed E-state index contributed by atoms with van der Waals surface area (Å²) in [6.45, 7) is 2.65. The van der Waals surface area contributed by atoms with Gasteiger partial charge in [-0.2, -0.15) is 5.26 Å². The van der Waals surface area contributed by atoms with Gasteiger partial charge in [0, 0.05) is 6.54 Å². The minimum Gasteiger partial charge on any atom is -0.412 e. The van der Waals surface area contributed by atoms with E-state index in [0.717, 1.165) is 43.6 Å². The number of nitriles is 1. The number of hydrogen-bond donors (Lipinski definition) is 0. The van der Waals surface area contributed by atoms with E-state index in [1.54, 1.807) is 24.3 Å². The molecule has 3 aromatic rings. The number of hydrogen-bond acceptors (Lipinski definition) is 2. The average molecular weight is 457 g/mol. The SMILES string of the molecule is Cl.N#CC(c1ccc(F)cc1)(c1ccc(F)cc1)C1CCN(Cc2ccccc2)CC1.O. The summed E-state index contributed by atoms with van der Waals surface area (Å²) in [7, 11) is 0. The summed E-state index contributed by atoms with van der Waals surface area (Å²) in [5.41, 5.74) is 1.87. The molecular weight excluding hydrogens is 430 g/mol. The first-order chi connectivity index (χ1) is 14.6. The van der Waals surface area contributed by atoms with Crippen molar-refractivity contribution >= 4 is 12.4 Å². The van der Waals surface area contributed by atoms with Gasteiger partial charge in [-0.05, 0) is 72.8 Å². The Kier molecular flexibility index (Phi) is 8.91. The molecule has 6 heteroatoms. The van der Waals surface area contributed by atoms with Crippen LogP contribution in [0.1, 0.15) is 29.5 Å². The molecule has 2 N–H and O–H groups in total. The topological polar surface area (TPSA) is 58.5 Å². The van der Waals surface area contributed by atoms with Gasteiger partial charge in [-0.1, -0.05) is 54.6 Å². The molecule has 0 aliphatic carbocycles. The first-order valence-corrected chi connectivity index (χ1v) is 10.3. The number of halogens is 3. The number of rotatable bonds is 5. The van der Waals surface area contributed by atoms with Crippen molar-refractivity contribution in [3.05, 3.63) is 107 Å². The predicted octanol–water partition coefficient (Wildman–Crippen LogP) is 5.28. The zero-order valence-corrected chi connectivity index (χ0v) is 18.5. The molecule has 1 heterocycles. The molecule has 168 valence electrons. The van der Waals surface area contributed by atoms with Gasteiger partial charge in [0.2, 0.25) is 0 Å². The Morgan fingerprint density at radius 2 is 1.28 bits per heavy atom. The van der Waals surface area contributed by atoms with Gasteiger partial charge in [0.25, 0.3) is 0 Å². The average Bonchev–Trinajstić information content (AvgIpc) is 2.78. The van der Waals surface area contributed by atoms with E-state index in [-0.39, 0.29) is 35.4 Å². The highest BCUT2D eigenvalue weighted by Gasteiger charge is 2.43. The second-order valence-corrected chi connectivity index (χ2v) is 7.97. The zero-order valence-electron chi connectivity index (χ0n) is 17.7. The van der Waals surface area contributed by atoms with Gasteiger partial charge >= 0.3 is 0 Å². The second-order valence-electron chi connectivity index (χ2n) is 7.97. The highest BCUT2D eigenvalue weighted by Crippen LogP contribution is 2.44. The fourth-order valence-corrected chi connectivity index (χ4v) is 4.65. The van der Waals surface area contributed by atoms with Gasteiger partial charge in [-0.3, -0.25) is 4.90 Å². The first-order valence-electron chi connectivity index (χ1n) is 10.3. The molecule has 0 amide bonds. The predicted molar refractivity (Wildman–Crippen MR) is 124 cm³/mol. The Morgan fingerprint density at radius 3 is 1.72 bits per heavy atom. The maximum Gasteiger partial charge on any atom is 0.123 e. The zero-order chi connectivity index (χ0) is 21.0. The molecule has 0 unspecified atom stereocenters. The van der Waals surface area contributed by atoms with Crippen molar-refractivity contribution in [1.82, 2.24) is 4.90 Å². The van der Waals surface area contributed by atoms with Gasteiger partial charge in [-0.25, -0.2) is 8.78 Å². The third-order valence-corrected chi connectivity index (χ3v) is 6.22. The van der Waals surface area contributed by atoms with E-state index in [4.69, 9.17) is 0 Å². The third-order valence-electron chi connectivity index (χ3n) is 6.22. The molecule has 0 bridgehead atoms. The molecule has 1 aliphatic heterocycles. The molecule has 0 spiro atoms. The van der Waals surface area contributed by atoms with Crippen molar-refractivity contribution in [3.63, 3.8) is 0 Å². The molecule has 3 aromatic carbocycles. The van der Waals surface area contributed by atoms with Gasteiger partial charge in [0.1, 0.15) is 17.0 Å². The molecule has 1 fully saturated rings. The van der Waals surface area contributed by atoms with Crippen LogP contribution in [-0.4, -0.2) is 23.5 Å². The Bertz CT molecular complexity index is 967. The Hall–Kier alpha value is -2.78. The number of benzene rings is 3. The van der Waals surface area contributed by atoms with Gasteiger partial charge < -0.3 is 5.48 Å². The van der Waals surface area contributed by atoms with Crippen molar-refractivity contribution in [3.8, 4) is 6.07 Å². The maximum absolute atomic E-state index is 13.6. The summed E-state index contributed by atoms with van der Waals surface area (Å²) in [5, 5.41) is 10.4. The summed E-state index contributed by atoms with van der Waals surface area (Å²) < 4.78 is 27.2. The monoisotopic (exact) mass is 456 g/mol. The van der Waals surface area contributed by atoms with Gasteiger partial charge in [0.05, 0.1) is 6.07 Å². The van der Waals surface area contributed by atoms with Gasteiger partial charge in [-0.15, -0.1) is 12.4 Å². The Labute approximate surface area is 194 Å². The van der Waals surface area contributed by atoms with Crippen LogP contribution in [0.25, 0.3) is 0 Å². The lowest BCUT2D eigenvalue weighted by atomic mass is 9.63. The summed E-state index contributed by atoms with van der Waals surface area (Å²) >= 11 is 0. The smallest absolute Gasteiger partial charge is 0.123 e. The molecule has 32 heavy (non-hydrogen) atoms. The van der Waals surface area contributed by atoms with Crippen LogP contribution in [0.4, 0.5) is 8.78 Å². The molecule has 1 aliphatic rings. The van der Waals surface area contributed by atoms with E-state index in [9.17, 15) is 14.0 Å².